The van der Waals surface area contributed by atoms with E-state index in [0.717, 1.165) is 18.2 Å². The summed E-state index contributed by atoms with van der Waals surface area (Å²) in [5, 5.41) is 14.4. The standard InChI is InChI=1S/C19H16Cl2N2O7/c1-2-29-18(25)12-5-13(7-15(6-12)23(27)28)19(26)30-10-17(24)22-9-11-3-4-14(20)8-16(11)21/h3-8H,2,9-10H2,1H3,(H,22,24). The molecule has 0 spiro atoms. The maximum absolute atomic E-state index is 12.2. The number of halogens is 2. The molecule has 0 radical (unpaired) electrons. The van der Waals surface area contributed by atoms with Crippen molar-refractivity contribution in [3.63, 3.8) is 0 Å². The Morgan fingerprint density at radius 2 is 1.67 bits per heavy atom. The van der Waals surface area contributed by atoms with Gasteiger partial charge in [0.1, 0.15) is 0 Å². The van der Waals surface area contributed by atoms with Gasteiger partial charge in [0.2, 0.25) is 0 Å². The van der Waals surface area contributed by atoms with Gasteiger partial charge in [-0.15, -0.1) is 0 Å². The quantitative estimate of drug-likeness (QED) is 0.367. The summed E-state index contributed by atoms with van der Waals surface area (Å²) in [4.78, 5) is 46.3. The lowest BCUT2D eigenvalue weighted by Crippen LogP contribution is -2.28. The number of nitro benzene ring substituents is 1. The third-order valence-corrected chi connectivity index (χ3v) is 4.29. The average molecular weight is 455 g/mol. The fourth-order valence-corrected chi connectivity index (χ4v) is 2.77. The van der Waals surface area contributed by atoms with Gasteiger partial charge in [0, 0.05) is 28.7 Å². The molecule has 2 aromatic carbocycles. The molecule has 0 heterocycles. The lowest BCUT2D eigenvalue weighted by molar-refractivity contribution is -0.384. The third-order valence-electron chi connectivity index (χ3n) is 3.70. The fourth-order valence-electron chi connectivity index (χ4n) is 2.29. The number of rotatable bonds is 8. The Balaban J connectivity index is 2.01. The summed E-state index contributed by atoms with van der Waals surface area (Å²) in [5.74, 6) is -2.46. The van der Waals surface area contributed by atoms with Crippen LogP contribution in [0.3, 0.4) is 0 Å². The maximum atomic E-state index is 12.2. The number of esters is 2. The minimum absolute atomic E-state index is 0.0547. The van der Waals surface area contributed by atoms with E-state index in [9.17, 15) is 24.5 Å². The Bertz CT molecular complexity index is 995. The van der Waals surface area contributed by atoms with Crippen molar-refractivity contribution in [3.8, 4) is 0 Å². The first-order valence-corrected chi connectivity index (χ1v) is 9.31. The molecular formula is C19H16Cl2N2O7. The molecule has 0 aliphatic rings. The number of hydrogen-bond donors (Lipinski definition) is 1. The average Bonchev–Trinajstić information content (AvgIpc) is 2.71. The molecule has 0 bridgehead atoms. The Hall–Kier alpha value is -3.17. The minimum atomic E-state index is -1.01. The van der Waals surface area contributed by atoms with Crippen LogP contribution < -0.4 is 5.32 Å². The summed E-state index contributed by atoms with van der Waals surface area (Å²) < 4.78 is 9.67. The summed E-state index contributed by atoms with van der Waals surface area (Å²) >= 11 is 11.8. The van der Waals surface area contributed by atoms with Gasteiger partial charge in [-0.3, -0.25) is 14.9 Å². The molecular weight excluding hydrogens is 439 g/mol. The van der Waals surface area contributed by atoms with Crippen molar-refractivity contribution in [2.24, 2.45) is 0 Å². The van der Waals surface area contributed by atoms with E-state index in [1.165, 1.54) is 6.07 Å². The number of nitro groups is 1. The third kappa shape index (κ3) is 6.43. The molecule has 0 aliphatic heterocycles. The molecule has 0 saturated heterocycles. The van der Waals surface area contributed by atoms with Gasteiger partial charge in [-0.2, -0.15) is 0 Å². The molecule has 1 amide bonds. The summed E-state index contributed by atoms with van der Waals surface area (Å²) in [7, 11) is 0. The molecule has 1 N–H and O–H groups in total. The van der Waals surface area contributed by atoms with E-state index in [1.807, 2.05) is 0 Å². The molecule has 30 heavy (non-hydrogen) atoms. The van der Waals surface area contributed by atoms with E-state index < -0.39 is 35.1 Å². The molecule has 0 saturated carbocycles. The summed E-state index contributed by atoms with van der Waals surface area (Å²) in [6.07, 6.45) is 0. The number of carbonyl (C=O) groups excluding carboxylic acids is 3. The Kier molecular flexibility index (Phi) is 8.14. The van der Waals surface area contributed by atoms with E-state index in [-0.39, 0.29) is 24.3 Å². The molecule has 9 nitrogen and oxygen atoms in total. The SMILES string of the molecule is CCOC(=O)c1cc(C(=O)OCC(=O)NCc2ccc(Cl)cc2Cl)cc([N+](=O)[O-])c1. The van der Waals surface area contributed by atoms with Crippen LogP contribution in [0.5, 0.6) is 0 Å². The van der Waals surface area contributed by atoms with Crippen LogP contribution >= 0.6 is 23.2 Å². The lowest BCUT2D eigenvalue weighted by Gasteiger charge is -2.09. The first kappa shape index (κ1) is 23.1. The van der Waals surface area contributed by atoms with Crippen molar-refractivity contribution >= 4 is 46.7 Å². The first-order chi connectivity index (χ1) is 14.2. The molecule has 158 valence electrons. The normalized spacial score (nSPS) is 10.2. The van der Waals surface area contributed by atoms with Gasteiger partial charge in [0.25, 0.3) is 11.6 Å². The van der Waals surface area contributed by atoms with Gasteiger partial charge in [-0.25, -0.2) is 9.59 Å². The molecule has 2 rings (SSSR count). The zero-order chi connectivity index (χ0) is 22.3. The van der Waals surface area contributed by atoms with Crippen LogP contribution in [-0.4, -0.2) is 36.0 Å². The second kappa shape index (κ2) is 10.6. The number of non-ortho nitro benzene ring substituents is 1. The number of carbonyl (C=O) groups is 3. The van der Waals surface area contributed by atoms with Crippen LogP contribution in [-0.2, 0) is 20.8 Å². The topological polar surface area (TPSA) is 125 Å². The predicted molar refractivity (Wildman–Crippen MR) is 108 cm³/mol. The van der Waals surface area contributed by atoms with E-state index >= 15 is 0 Å². The van der Waals surface area contributed by atoms with Crippen molar-refractivity contribution in [1.29, 1.82) is 0 Å². The molecule has 0 unspecified atom stereocenters. The van der Waals surface area contributed by atoms with Crippen molar-refractivity contribution in [1.82, 2.24) is 5.32 Å². The molecule has 0 aromatic heterocycles. The van der Waals surface area contributed by atoms with Crippen molar-refractivity contribution < 1.29 is 28.8 Å². The van der Waals surface area contributed by atoms with Crippen LogP contribution in [0.2, 0.25) is 10.0 Å². The molecule has 0 atom stereocenters. The zero-order valence-electron chi connectivity index (χ0n) is 15.6. The van der Waals surface area contributed by atoms with Crippen molar-refractivity contribution in [3.05, 3.63) is 73.2 Å². The maximum Gasteiger partial charge on any atom is 0.338 e. The van der Waals surface area contributed by atoms with Crippen LogP contribution in [0.25, 0.3) is 0 Å². The minimum Gasteiger partial charge on any atom is -0.462 e. The van der Waals surface area contributed by atoms with Gasteiger partial charge < -0.3 is 14.8 Å². The number of ether oxygens (including phenoxy) is 2. The summed E-state index contributed by atoms with van der Waals surface area (Å²) in [6.45, 7) is 1.07. The number of hydrogen-bond acceptors (Lipinski definition) is 7. The summed E-state index contributed by atoms with van der Waals surface area (Å²) in [6, 6.07) is 7.79. The number of nitrogens with zero attached hydrogens (tertiary/aromatic N) is 1. The van der Waals surface area contributed by atoms with Crippen LogP contribution in [0.1, 0.15) is 33.2 Å². The highest BCUT2D eigenvalue weighted by atomic mass is 35.5. The fraction of sp³-hybridized carbons (Fsp3) is 0.211. The molecule has 11 heteroatoms. The zero-order valence-corrected chi connectivity index (χ0v) is 17.2. The van der Waals surface area contributed by atoms with Crippen molar-refractivity contribution in [2.75, 3.05) is 13.2 Å². The number of nitrogens with one attached hydrogen (secondary N) is 1. The van der Waals surface area contributed by atoms with E-state index in [2.05, 4.69) is 5.32 Å². The molecule has 0 fully saturated rings. The van der Waals surface area contributed by atoms with E-state index in [0.29, 0.717) is 15.6 Å². The largest absolute Gasteiger partial charge is 0.462 e. The summed E-state index contributed by atoms with van der Waals surface area (Å²) in [5.41, 5.74) is -0.325. The smallest absolute Gasteiger partial charge is 0.338 e. The second-order valence-electron chi connectivity index (χ2n) is 5.83. The van der Waals surface area contributed by atoms with E-state index in [4.69, 9.17) is 32.7 Å². The highest BCUT2D eigenvalue weighted by molar-refractivity contribution is 6.35. The van der Waals surface area contributed by atoms with Gasteiger partial charge in [0.05, 0.1) is 22.7 Å². The van der Waals surface area contributed by atoms with Gasteiger partial charge in [0.15, 0.2) is 6.61 Å². The van der Waals surface area contributed by atoms with Gasteiger partial charge >= 0.3 is 11.9 Å². The van der Waals surface area contributed by atoms with Gasteiger partial charge in [-0.05, 0) is 30.7 Å². The highest BCUT2D eigenvalue weighted by Crippen LogP contribution is 2.21. The predicted octanol–water partition coefficient (Wildman–Crippen LogP) is 3.55. The lowest BCUT2D eigenvalue weighted by atomic mass is 10.1. The van der Waals surface area contributed by atoms with E-state index in [1.54, 1.807) is 19.1 Å². The van der Waals surface area contributed by atoms with Crippen LogP contribution in [0, 0.1) is 10.1 Å². The molecule has 2 aromatic rings. The Labute approximate surface area is 181 Å². The highest BCUT2D eigenvalue weighted by Gasteiger charge is 2.20. The monoisotopic (exact) mass is 454 g/mol. The van der Waals surface area contributed by atoms with Crippen LogP contribution in [0.4, 0.5) is 5.69 Å². The number of benzene rings is 2. The Morgan fingerprint density at radius 1 is 1.03 bits per heavy atom. The number of amides is 1. The molecule has 0 aliphatic carbocycles. The van der Waals surface area contributed by atoms with Gasteiger partial charge in [-0.1, -0.05) is 29.3 Å². The van der Waals surface area contributed by atoms with Crippen molar-refractivity contribution in [2.45, 2.75) is 13.5 Å². The Morgan fingerprint density at radius 3 is 2.23 bits per heavy atom. The second-order valence-corrected chi connectivity index (χ2v) is 6.68. The first-order valence-electron chi connectivity index (χ1n) is 8.55. The van der Waals surface area contributed by atoms with Crippen LogP contribution in [0.15, 0.2) is 36.4 Å².